The summed E-state index contributed by atoms with van der Waals surface area (Å²) in [5, 5.41) is 8.03. The molecule has 0 bridgehead atoms. The van der Waals surface area contributed by atoms with E-state index in [1.54, 1.807) is 23.0 Å². The van der Waals surface area contributed by atoms with Gasteiger partial charge in [-0.3, -0.25) is 4.79 Å². The highest BCUT2D eigenvalue weighted by atomic mass is 35.5. The van der Waals surface area contributed by atoms with Crippen LogP contribution in [0.1, 0.15) is 19.4 Å². The molecule has 4 nitrogen and oxygen atoms in total. The van der Waals surface area contributed by atoms with E-state index >= 15 is 0 Å². The Balaban J connectivity index is 2.21. The van der Waals surface area contributed by atoms with Crippen molar-refractivity contribution < 1.29 is 4.79 Å². The molecule has 0 atom stereocenters. The van der Waals surface area contributed by atoms with Gasteiger partial charge in [-0.25, -0.2) is 4.68 Å². The summed E-state index contributed by atoms with van der Waals surface area (Å²) < 4.78 is 1.68. The molecule has 0 saturated carbocycles. The fraction of sp³-hybridized carbons (Fsp3) is 0.286. The molecular weight excluding hydrogens is 297 g/mol. The lowest BCUT2D eigenvalue weighted by molar-refractivity contribution is -0.118. The molecule has 0 radical (unpaired) electrons. The fourth-order valence-corrected chi connectivity index (χ4v) is 2.05. The van der Waals surface area contributed by atoms with Crippen molar-refractivity contribution in [2.75, 3.05) is 5.32 Å². The summed E-state index contributed by atoms with van der Waals surface area (Å²) in [5.41, 5.74) is 0.850. The minimum Gasteiger partial charge on any atom is -0.311 e. The monoisotopic (exact) mass is 311 g/mol. The van der Waals surface area contributed by atoms with Crippen LogP contribution in [-0.2, 0) is 11.3 Å². The van der Waals surface area contributed by atoms with E-state index < -0.39 is 0 Å². The van der Waals surface area contributed by atoms with Gasteiger partial charge in [0.05, 0.1) is 22.8 Å². The Kier molecular flexibility index (Phi) is 4.68. The minimum absolute atomic E-state index is 0.0519. The lowest BCUT2D eigenvalue weighted by Crippen LogP contribution is -2.20. The normalized spacial score (nSPS) is 10.8. The molecule has 0 aliphatic heterocycles. The van der Waals surface area contributed by atoms with Crippen molar-refractivity contribution in [2.45, 2.75) is 20.4 Å². The number of carbonyl (C=O) groups is 1. The Bertz CT molecular complexity index is 623. The van der Waals surface area contributed by atoms with Crippen molar-refractivity contribution in [1.82, 2.24) is 9.78 Å². The van der Waals surface area contributed by atoms with Crippen molar-refractivity contribution in [3.8, 4) is 0 Å². The molecule has 1 aromatic carbocycles. The predicted octanol–water partition coefficient (Wildman–Crippen LogP) is 3.83. The third-order valence-electron chi connectivity index (χ3n) is 2.84. The third kappa shape index (κ3) is 3.32. The van der Waals surface area contributed by atoms with Gasteiger partial charge in [0, 0.05) is 12.0 Å². The molecule has 0 aliphatic rings. The number of anilines is 1. The molecule has 0 saturated heterocycles. The lowest BCUT2D eigenvalue weighted by atomic mass is 10.2. The van der Waals surface area contributed by atoms with Gasteiger partial charge in [0.1, 0.15) is 5.82 Å². The number of aromatic nitrogens is 2. The average Bonchev–Trinajstić information content (AvgIpc) is 2.82. The topological polar surface area (TPSA) is 46.9 Å². The molecule has 1 N–H and O–H groups in total. The van der Waals surface area contributed by atoms with Gasteiger partial charge < -0.3 is 5.32 Å². The molecule has 106 valence electrons. The number of nitrogens with zero attached hydrogens (tertiary/aromatic N) is 2. The highest BCUT2D eigenvalue weighted by Gasteiger charge is 2.12. The van der Waals surface area contributed by atoms with E-state index in [2.05, 4.69) is 10.4 Å². The number of hydrogen-bond acceptors (Lipinski definition) is 2. The summed E-state index contributed by atoms with van der Waals surface area (Å²) in [5.74, 6) is 0.497. The molecular formula is C14H15Cl2N3O. The zero-order chi connectivity index (χ0) is 14.7. The lowest BCUT2D eigenvalue weighted by Gasteiger charge is -2.11. The Labute approximate surface area is 127 Å². The Morgan fingerprint density at radius 3 is 2.80 bits per heavy atom. The molecule has 1 aromatic heterocycles. The van der Waals surface area contributed by atoms with E-state index in [-0.39, 0.29) is 11.8 Å². The van der Waals surface area contributed by atoms with E-state index in [1.807, 2.05) is 26.0 Å². The van der Waals surface area contributed by atoms with Crippen molar-refractivity contribution in [3.05, 3.63) is 46.1 Å². The first-order valence-electron chi connectivity index (χ1n) is 6.24. The van der Waals surface area contributed by atoms with E-state index in [9.17, 15) is 4.79 Å². The summed E-state index contributed by atoms with van der Waals surface area (Å²) >= 11 is 12.1. The summed E-state index contributed by atoms with van der Waals surface area (Å²) in [4.78, 5) is 11.7. The van der Waals surface area contributed by atoms with Crippen molar-refractivity contribution >= 4 is 34.9 Å². The highest BCUT2D eigenvalue weighted by Crippen LogP contribution is 2.26. The first-order chi connectivity index (χ1) is 9.49. The molecule has 1 heterocycles. The van der Waals surface area contributed by atoms with Gasteiger partial charge in [-0.15, -0.1) is 0 Å². The summed E-state index contributed by atoms with van der Waals surface area (Å²) in [7, 11) is 0. The Morgan fingerprint density at radius 1 is 1.35 bits per heavy atom. The summed E-state index contributed by atoms with van der Waals surface area (Å²) in [6, 6.07) is 7.19. The number of amides is 1. The quantitative estimate of drug-likeness (QED) is 0.932. The van der Waals surface area contributed by atoms with E-state index in [1.165, 1.54) is 0 Å². The van der Waals surface area contributed by atoms with Gasteiger partial charge in [-0.2, -0.15) is 5.10 Å². The van der Waals surface area contributed by atoms with Crippen LogP contribution in [0.25, 0.3) is 0 Å². The maximum absolute atomic E-state index is 11.7. The second kappa shape index (κ2) is 6.29. The van der Waals surface area contributed by atoms with E-state index in [0.717, 1.165) is 5.56 Å². The molecule has 0 spiro atoms. The third-order valence-corrected chi connectivity index (χ3v) is 3.70. The molecule has 0 unspecified atom stereocenters. The smallest absolute Gasteiger partial charge is 0.228 e. The SMILES string of the molecule is CC(C)C(=O)Nc1ccnn1Cc1cccc(Cl)c1Cl. The number of carbonyl (C=O) groups excluding carboxylic acids is 1. The fourth-order valence-electron chi connectivity index (χ4n) is 1.67. The second-order valence-electron chi connectivity index (χ2n) is 4.73. The maximum Gasteiger partial charge on any atom is 0.228 e. The standard InChI is InChI=1S/C14H15Cl2N3O/c1-9(2)14(20)18-12-6-7-17-19(12)8-10-4-3-5-11(15)13(10)16/h3-7,9H,8H2,1-2H3,(H,18,20). The first kappa shape index (κ1) is 14.9. The number of nitrogens with one attached hydrogen (secondary N) is 1. The minimum atomic E-state index is -0.0897. The van der Waals surface area contributed by atoms with Crippen molar-refractivity contribution in [2.24, 2.45) is 5.92 Å². The van der Waals surface area contributed by atoms with Crippen LogP contribution in [0.3, 0.4) is 0 Å². The second-order valence-corrected chi connectivity index (χ2v) is 5.52. The van der Waals surface area contributed by atoms with Crippen LogP contribution >= 0.6 is 23.2 Å². The van der Waals surface area contributed by atoms with Crippen molar-refractivity contribution in [1.29, 1.82) is 0 Å². The van der Waals surface area contributed by atoms with Gasteiger partial charge in [0.15, 0.2) is 0 Å². The van der Waals surface area contributed by atoms with Gasteiger partial charge in [-0.1, -0.05) is 49.2 Å². The van der Waals surface area contributed by atoms with Gasteiger partial charge >= 0.3 is 0 Å². The van der Waals surface area contributed by atoms with Crippen molar-refractivity contribution in [3.63, 3.8) is 0 Å². The van der Waals surface area contributed by atoms with Gasteiger partial charge in [0.25, 0.3) is 0 Å². The number of hydrogen-bond donors (Lipinski definition) is 1. The first-order valence-corrected chi connectivity index (χ1v) is 7.00. The Hall–Kier alpha value is -1.52. The largest absolute Gasteiger partial charge is 0.311 e. The summed E-state index contributed by atoms with van der Waals surface area (Å²) in [6.45, 7) is 4.12. The zero-order valence-electron chi connectivity index (χ0n) is 11.2. The van der Waals surface area contributed by atoms with Gasteiger partial charge in [0.2, 0.25) is 5.91 Å². The molecule has 20 heavy (non-hydrogen) atoms. The number of halogens is 2. The molecule has 6 heteroatoms. The highest BCUT2D eigenvalue weighted by molar-refractivity contribution is 6.42. The van der Waals surface area contributed by atoms with Crippen LogP contribution in [0.15, 0.2) is 30.5 Å². The number of benzene rings is 1. The molecule has 2 rings (SSSR count). The van der Waals surface area contributed by atoms with Gasteiger partial charge in [-0.05, 0) is 11.6 Å². The van der Waals surface area contributed by atoms with Crippen LogP contribution in [0.2, 0.25) is 10.0 Å². The predicted molar refractivity (Wildman–Crippen MR) is 81.3 cm³/mol. The molecule has 1 amide bonds. The molecule has 2 aromatic rings. The van der Waals surface area contributed by atoms with Crippen LogP contribution < -0.4 is 5.32 Å². The number of rotatable bonds is 4. The average molecular weight is 312 g/mol. The van der Waals surface area contributed by atoms with Crippen LogP contribution in [0.4, 0.5) is 5.82 Å². The zero-order valence-corrected chi connectivity index (χ0v) is 12.7. The molecule has 0 aliphatic carbocycles. The van der Waals surface area contributed by atoms with Crippen LogP contribution in [0.5, 0.6) is 0 Å². The van der Waals surface area contributed by atoms with Crippen LogP contribution in [0, 0.1) is 5.92 Å². The van der Waals surface area contributed by atoms with Crippen LogP contribution in [-0.4, -0.2) is 15.7 Å². The maximum atomic E-state index is 11.7. The van der Waals surface area contributed by atoms with E-state index in [4.69, 9.17) is 23.2 Å². The Morgan fingerprint density at radius 2 is 2.10 bits per heavy atom. The molecule has 0 fully saturated rings. The van der Waals surface area contributed by atoms with E-state index in [0.29, 0.717) is 22.4 Å². The summed E-state index contributed by atoms with van der Waals surface area (Å²) in [6.07, 6.45) is 1.63.